The van der Waals surface area contributed by atoms with Crippen LogP contribution in [0.2, 0.25) is 0 Å². The number of carbonyl (C=O) groups is 3. The van der Waals surface area contributed by atoms with Gasteiger partial charge in [0, 0.05) is 29.3 Å². The maximum Gasteiger partial charge on any atom is 0.310 e. The van der Waals surface area contributed by atoms with Crippen LogP contribution in [-0.4, -0.2) is 60.9 Å². The Balaban J connectivity index is 1.94. The van der Waals surface area contributed by atoms with Gasteiger partial charge in [0.05, 0.1) is 19.1 Å². The Morgan fingerprint density at radius 3 is 2.80 bits per heavy atom. The Bertz CT molecular complexity index is 650. The third kappa shape index (κ3) is 5.42. The van der Waals surface area contributed by atoms with Crippen molar-refractivity contribution in [3.63, 3.8) is 0 Å². The summed E-state index contributed by atoms with van der Waals surface area (Å²) in [6.07, 6.45) is 1.50. The molecule has 7 heteroatoms. The molecule has 1 aromatic carbocycles. The SMILES string of the molecule is CCOC(=O)C1CCCN(C(=O)CN(C)C(=O)c2cccc(I)c2)C1. The summed E-state index contributed by atoms with van der Waals surface area (Å²) in [4.78, 5) is 39.9. The molecule has 0 saturated carbocycles. The van der Waals surface area contributed by atoms with Crippen LogP contribution in [0.1, 0.15) is 30.1 Å². The minimum Gasteiger partial charge on any atom is -0.466 e. The summed E-state index contributed by atoms with van der Waals surface area (Å²) in [5, 5.41) is 0. The minimum atomic E-state index is -0.269. The zero-order valence-corrected chi connectivity index (χ0v) is 16.7. The fourth-order valence-electron chi connectivity index (χ4n) is 2.87. The molecule has 1 aliphatic rings. The number of likely N-dealkylation sites (N-methyl/N-ethyl adjacent to an activating group) is 1. The number of piperidine rings is 1. The number of carbonyl (C=O) groups excluding carboxylic acids is 3. The van der Waals surface area contributed by atoms with Crippen LogP contribution in [-0.2, 0) is 14.3 Å². The fraction of sp³-hybridized carbons (Fsp3) is 0.500. The number of nitrogens with zero attached hydrogens (tertiary/aromatic N) is 2. The molecule has 0 aromatic heterocycles. The fourth-order valence-corrected chi connectivity index (χ4v) is 3.42. The number of hydrogen-bond donors (Lipinski definition) is 0. The van der Waals surface area contributed by atoms with Crippen LogP contribution < -0.4 is 0 Å². The van der Waals surface area contributed by atoms with Gasteiger partial charge in [0.15, 0.2) is 0 Å². The van der Waals surface area contributed by atoms with Gasteiger partial charge in [0.2, 0.25) is 5.91 Å². The smallest absolute Gasteiger partial charge is 0.310 e. The molecule has 0 spiro atoms. The Morgan fingerprint density at radius 1 is 1.36 bits per heavy atom. The molecule has 0 radical (unpaired) electrons. The summed E-state index contributed by atoms with van der Waals surface area (Å²) in [5.74, 6) is -0.848. The van der Waals surface area contributed by atoms with E-state index in [1.54, 1.807) is 31.0 Å². The highest BCUT2D eigenvalue weighted by molar-refractivity contribution is 14.1. The normalized spacial score (nSPS) is 17.1. The van der Waals surface area contributed by atoms with Gasteiger partial charge in [-0.2, -0.15) is 0 Å². The van der Waals surface area contributed by atoms with Crippen LogP contribution in [0.3, 0.4) is 0 Å². The first-order valence-corrected chi connectivity index (χ1v) is 9.45. The van der Waals surface area contributed by atoms with Crippen molar-refractivity contribution in [1.82, 2.24) is 9.80 Å². The molecule has 0 N–H and O–H groups in total. The van der Waals surface area contributed by atoms with E-state index in [4.69, 9.17) is 4.74 Å². The molecule has 1 unspecified atom stereocenters. The predicted molar refractivity (Wildman–Crippen MR) is 102 cm³/mol. The highest BCUT2D eigenvalue weighted by atomic mass is 127. The Kier molecular flexibility index (Phi) is 7.22. The van der Waals surface area contributed by atoms with Gasteiger partial charge in [0.25, 0.3) is 5.91 Å². The molecule has 25 heavy (non-hydrogen) atoms. The van der Waals surface area contributed by atoms with Crippen molar-refractivity contribution < 1.29 is 19.1 Å². The van der Waals surface area contributed by atoms with E-state index in [0.29, 0.717) is 25.3 Å². The molecule has 1 fully saturated rings. The second kappa shape index (κ2) is 9.17. The number of hydrogen-bond acceptors (Lipinski definition) is 4. The standard InChI is InChI=1S/C18H23IN2O4/c1-3-25-18(24)14-7-5-9-21(11-14)16(22)12-20(2)17(23)13-6-4-8-15(19)10-13/h4,6,8,10,14H,3,5,7,9,11-12H2,1-2H3. The quantitative estimate of drug-likeness (QED) is 0.501. The third-order valence-corrected chi connectivity index (χ3v) is 4.86. The van der Waals surface area contributed by atoms with Gasteiger partial charge in [-0.25, -0.2) is 0 Å². The van der Waals surface area contributed by atoms with Crippen LogP contribution in [0.15, 0.2) is 24.3 Å². The van der Waals surface area contributed by atoms with Crippen LogP contribution in [0.4, 0.5) is 0 Å². The van der Waals surface area contributed by atoms with E-state index >= 15 is 0 Å². The predicted octanol–water partition coefficient (Wildman–Crippen LogP) is 2.16. The second-order valence-corrected chi connectivity index (χ2v) is 7.35. The highest BCUT2D eigenvalue weighted by Crippen LogP contribution is 2.18. The summed E-state index contributed by atoms with van der Waals surface area (Å²) < 4.78 is 6.02. The average Bonchev–Trinajstić information content (AvgIpc) is 2.61. The number of halogens is 1. The van der Waals surface area contributed by atoms with Crippen LogP contribution in [0.5, 0.6) is 0 Å². The Hall–Kier alpha value is -1.64. The Morgan fingerprint density at radius 2 is 2.12 bits per heavy atom. The number of rotatable bonds is 5. The summed E-state index contributed by atoms with van der Waals surface area (Å²) in [6.45, 7) is 3.09. The molecular weight excluding hydrogens is 435 g/mol. The van der Waals surface area contributed by atoms with E-state index < -0.39 is 0 Å². The zero-order chi connectivity index (χ0) is 18.4. The molecule has 1 saturated heterocycles. The van der Waals surface area contributed by atoms with Crippen molar-refractivity contribution >= 4 is 40.4 Å². The molecular formula is C18H23IN2O4. The van der Waals surface area contributed by atoms with Crippen LogP contribution in [0.25, 0.3) is 0 Å². The van der Waals surface area contributed by atoms with Crippen LogP contribution in [0, 0.1) is 9.49 Å². The maximum absolute atomic E-state index is 12.5. The topological polar surface area (TPSA) is 66.9 Å². The van der Waals surface area contributed by atoms with E-state index in [2.05, 4.69) is 22.6 Å². The second-order valence-electron chi connectivity index (χ2n) is 6.10. The molecule has 1 aromatic rings. The van der Waals surface area contributed by atoms with Gasteiger partial charge in [-0.05, 0) is 60.6 Å². The maximum atomic E-state index is 12.5. The van der Waals surface area contributed by atoms with Crippen molar-refractivity contribution in [1.29, 1.82) is 0 Å². The van der Waals surface area contributed by atoms with Gasteiger partial charge in [-0.3, -0.25) is 14.4 Å². The van der Waals surface area contributed by atoms with E-state index in [9.17, 15) is 14.4 Å². The third-order valence-electron chi connectivity index (χ3n) is 4.18. The highest BCUT2D eigenvalue weighted by Gasteiger charge is 2.30. The molecule has 2 amide bonds. The first-order valence-electron chi connectivity index (χ1n) is 8.37. The van der Waals surface area contributed by atoms with E-state index in [1.165, 1.54) is 4.90 Å². The molecule has 0 aliphatic carbocycles. The lowest BCUT2D eigenvalue weighted by molar-refractivity contribution is -0.151. The number of amides is 2. The van der Waals surface area contributed by atoms with Crippen LogP contribution >= 0.6 is 22.6 Å². The molecule has 1 heterocycles. The number of ether oxygens (including phenoxy) is 1. The van der Waals surface area contributed by atoms with Crippen molar-refractivity contribution in [3.05, 3.63) is 33.4 Å². The van der Waals surface area contributed by atoms with Gasteiger partial charge < -0.3 is 14.5 Å². The summed E-state index contributed by atoms with van der Waals surface area (Å²) in [6, 6.07) is 7.26. The summed E-state index contributed by atoms with van der Waals surface area (Å²) >= 11 is 2.15. The first-order chi connectivity index (χ1) is 11.9. The number of esters is 1. The lowest BCUT2D eigenvalue weighted by Gasteiger charge is -2.32. The van der Waals surface area contributed by atoms with Gasteiger partial charge in [-0.15, -0.1) is 0 Å². The van der Waals surface area contributed by atoms with Gasteiger partial charge in [0.1, 0.15) is 0 Å². The molecule has 2 rings (SSSR count). The van der Waals surface area contributed by atoms with Crippen molar-refractivity contribution in [2.24, 2.45) is 5.92 Å². The molecule has 1 atom stereocenters. The molecule has 1 aliphatic heterocycles. The molecule has 6 nitrogen and oxygen atoms in total. The minimum absolute atomic E-state index is 0.000147. The summed E-state index contributed by atoms with van der Waals surface area (Å²) in [7, 11) is 1.62. The van der Waals surface area contributed by atoms with E-state index in [0.717, 1.165) is 16.4 Å². The number of likely N-dealkylation sites (tertiary alicyclic amines) is 1. The first kappa shape index (κ1) is 19.7. The average molecular weight is 458 g/mol. The Labute approximate surface area is 161 Å². The van der Waals surface area contributed by atoms with Crippen molar-refractivity contribution in [2.45, 2.75) is 19.8 Å². The van der Waals surface area contributed by atoms with E-state index in [-0.39, 0.29) is 30.2 Å². The number of benzene rings is 1. The summed E-state index contributed by atoms with van der Waals surface area (Å²) in [5.41, 5.74) is 0.560. The van der Waals surface area contributed by atoms with Gasteiger partial charge in [-0.1, -0.05) is 6.07 Å². The lowest BCUT2D eigenvalue weighted by Crippen LogP contribution is -2.47. The molecule has 0 bridgehead atoms. The van der Waals surface area contributed by atoms with Crippen molar-refractivity contribution in [2.75, 3.05) is 33.3 Å². The molecule has 136 valence electrons. The lowest BCUT2D eigenvalue weighted by atomic mass is 9.98. The monoisotopic (exact) mass is 458 g/mol. The van der Waals surface area contributed by atoms with E-state index in [1.807, 2.05) is 12.1 Å². The van der Waals surface area contributed by atoms with Crippen molar-refractivity contribution in [3.8, 4) is 0 Å². The largest absolute Gasteiger partial charge is 0.466 e. The zero-order valence-electron chi connectivity index (χ0n) is 14.5. The van der Waals surface area contributed by atoms with Gasteiger partial charge >= 0.3 is 5.97 Å².